The number of likely N-dealkylation sites (tertiary alicyclic amines) is 1. The van der Waals surface area contributed by atoms with Gasteiger partial charge in [0.25, 0.3) is 0 Å². The van der Waals surface area contributed by atoms with E-state index in [9.17, 15) is 9.59 Å². The minimum atomic E-state index is -0.0375. The first-order valence-corrected chi connectivity index (χ1v) is 7.40. The van der Waals surface area contributed by atoms with Crippen molar-refractivity contribution < 1.29 is 9.59 Å². The summed E-state index contributed by atoms with van der Waals surface area (Å²) in [6, 6.07) is 0.111. The second-order valence-corrected chi connectivity index (χ2v) is 5.95. The number of hydrogen-bond donors (Lipinski definition) is 2. The molecule has 0 radical (unpaired) electrons. The highest BCUT2D eigenvalue weighted by atomic mass is 35.5. The zero-order valence-corrected chi connectivity index (χ0v) is 13.0. The van der Waals surface area contributed by atoms with Crippen LogP contribution in [0.3, 0.4) is 0 Å². The molecule has 1 heterocycles. The van der Waals surface area contributed by atoms with Crippen LogP contribution in [0.25, 0.3) is 0 Å². The Bertz CT molecular complexity index is 345. The Labute approximate surface area is 127 Å². The number of nitrogens with zero attached hydrogens (tertiary/aromatic N) is 1. The number of rotatable bonds is 5. The summed E-state index contributed by atoms with van der Waals surface area (Å²) in [5.74, 6) is 0.548. The van der Waals surface area contributed by atoms with Gasteiger partial charge in [-0.1, -0.05) is 0 Å². The number of amides is 2. The van der Waals surface area contributed by atoms with Crippen molar-refractivity contribution in [3.05, 3.63) is 0 Å². The van der Waals surface area contributed by atoms with Gasteiger partial charge in [0.05, 0.1) is 5.92 Å². The van der Waals surface area contributed by atoms with Crippen LogP contribution in [-0.2, 0) is 9.59 Å². The first kappa shape index (κ1) is 17.2. The summed E-state index contributed by atoms with van der Waals surface area (Å²) < 4.78 is 0. The fraction of sp³-hybridized carbons (Fsp3) is 0.857. The van der Waals surface area contributed by atoms with E-state index in [1.165, 1.54) is 0 Å². The maximum atomic E-state index is 12.0. The van der Waals surface area contributed by atoms with Crippen LogP contribution >= 0.6 is 12.4 Å². The molecule has 1 saturated heterocycles. The minimum Gasteiger partial charge on any atom is -0.356 e. The third-order valence-corrected chi connectivity index (χ3v) is 3.93. The van der Waals surface area contributed by atoms with Gasteiger partial charge in [-0.15, -0.1) is 12.4 Å². The van der Waals surface area contributed by atoms with Crippen molar-refractivity contribution in [2.45, 2.75) is 45.1 Å². The molecule has 0 aromatic rings. The van der Waals surface area contributed by atoms with Crippen molar-refractivity contribution in [1.29, 1.82) is 0 Å². The average Bonchev–Trinajstić information content (AvgIpc) is 3.22. The highest BCUT2D eigenvalue weighted by Crippen LogP contribution is 2.32. The summed E-state index contributed by atoms with van der Waals surface area (Å²) >= 11 is 0. The van der Waals surface area contributed by atoms with Crippen molar-refractivity contribution in [3.63, 3.8) is 0 Å². The third kappa shape index (κ3) is 4.94. The first-order chi connectivity index (χ1) is 9.08. The molecule has 2 amide bonds. The van der Waals surface area contributed by atoms with Gasteiger partial charge in [0.15, 0.2) is 0 Å². The van der Waals surface area contributed by atoms with Crippen LogP contribution in [0.15, 0.2) is 0 Å². The molecule has 1 aliphatic heterocycles. The second-order valence-electron chi connectivity index (χ2n) is 5.95. The van der Waals surface area contributed by atoms with E-state index in [-0.39, 0.29) is 42.1 Å². The summed E-state index contributed by atoms with van der Waals surface area (Å²) in [7, 11) is 0. The highest BCUT2D eigenvalue weighted by Gasteiger charge is 2.36. The molecule has 2 aliphatic rings. The van der Waals surface area contributed by atoms with Crippen LogP contribution < -0.4 is 11.1 Å². The van der Waals surface area contributed by atoms with Gasteiger partial charge in [-0.05, 0) is 39.0 Å². The van der Waals surface area contributed by atoms with E-state index in [1.54, 1.807) is 0 Å². The molecule has 1 aliphatic carbocycles. The van der Waals surface area contributed by atoms with Gasteiger partial charge >= 0.3 is 0 Å². The molecule has 20 heavy (non-hydrogen) atoms. The maximum Gasteiger partial charge on any atom is 0.225 e. The van der Waals surface area contributed by atoms with Gasteiger partial charge in [-0.2, -0.15) is 0 Å². The smallest absolute Gasteiger partial charge is 0.225 e. The average molecular weight is 304 g/mol. The standard InChI is InChI=1S/C14H25N3O2.ClH/c1-10(15)6-7-16-13(18)12-3-2-8-17(9-12)14(19)11-4-5-11;/h10-12H,2-9,15H2,1H3,(H,16,18);1H. The van der Waals surface area contributed by atoms with Crippen molar-refractivity contribution in [2.75, 3.05) is 19.6 Å². The Morgan fingerprint density at radius 2 is 2.00 bits per heavy atom. The Morgan fingerprint density at radius 3 is 2.60 bits per heavy atom. The van der Waals surface area contributed by atoms with Crippen molar-refractivity contribution >= 4 is 24.2 Å². The van der Waals surface area contributed by atoms with Gasteiger partial charge in [0.2, 0.25) is 11.8 Å². The molecule has 2 atom stereocenters. The van der Waals surface area contributed by atoms with Crippen molar-refractivity contribution in [2.24, 2.45) is 17.6 Å². The topological polar surface area (TPSA) is 75.4 Å². The number of hydrogen-bond acceptors (Lipinski definition) is 3. The lowest BCUT2D eigenvalue weighted by atomic mass is 9.96. The number of piperidine rings is 1. The summed E-state index contributed by atoms with van der Waals surface area (Å²) in [6.07, 6.45) is 4.67. The molecule has 116 valence electrons. The number of carbonyl (C=O) groups is 2. The van der Waals surface area contributed by atoms with Crippen LogP contribution in [0.4, 0.5) is 0 Å². The SMILES string of the molecule is CC(N)CCNC(=O)C1CCCN(C(=O)C2CC2)C1.Cl. The molecule has 5 nitrogen and oxygen atoms in total. The van der Waals surface area contributed by atoms with Crippen LogP contribution in [0.5, 0.6) is 0 Å². The van der Waals surface area contributed by atoms with Crippen molar-refractivity contribution in [3.8, 4) is 0 Å². The molecular weight excluding hydrogens is 278 g/mol. The molecule has 0 spiro atoms. The van der Waals surface area contributed by atoms with Crippen LogP contribution in [-0.4, -0.2) is 42.4 Å². The summed E-state index contributed by atoms with van der Waals surface area (Å²) in [5.41, 5.74) is 5.65. The molecule has 0 aromatic heterocycles. The van der Waals surface area contributed by atoms with Gasteiger partial charge in [0, 0.05) is 31.6 Å². The molecule has 2 rings (SSSR count). The van der Waals surface area contributed by atoms with E-state index >= 15 is 0 Å². The monoisotopic (exact) mass is 303 g/mol. The van der Waals surface area contributed by atoms with E-state index in [0.717, 1.165) is 38.6 Å². The Morgan fingerprint density at radius 1 is 1.30 bits per heavy atom. The van der Waals surface area contributed by atoms with E-state index in [2.05, 4.69) is 5.32 Å². The van der Waals surface area contributed by atoms with E-state index in [4.69, 9.17) is 5.73 Å². The number of halogens is 1. The predicted molar refractivity (Wildman–Crippen MR) is 80.6 cm³/mol. The normalized spacial score (nSPS) is 23.7. The molecule has 0 bridgehead atoms. The zero-order valence-electron chi connectivity index (χ0n) is 12.1. The highest BCUT2D eigenvalue weighted by molar-refractivity contribution is 5.85. The largest absolute Gasteiger partial charge is 0.356 e. The third-order valence-electron chi connectivity index (χ3n) is 3.93. The fourth-order valence-corrected chi connectivity index (χ4v) is 2.55. The predicted octanol–water partition coefficient (Wildman–Crippen LogP) is 0.910. The number of nitrogens with two attached hydrogens (primary N) is 1. The molecule has 3 N–H and O–H groups in total. The minimum absolute atomic E-state index is 0. The van der Waals surface area contributed by atoms with E-state index < -0.39 is 0 Å². The van der Waals surface area contributed by atoms with E-state index in [1.807, 2.05) is 11.8 Å². The molecule has 2 unspecified atom stereocenters. The fourth-order valence-electron chi connectivity index (χ4n) is 2.55. The Balaban J connectivity index is 0.00000200. The van der Waals surface area contributed by atoms with Gasteiger partial charge < -0.3 is 16.0 Å². The number of nitrogens with one attached hydrogen (secondary N) is 1. The van der Waals surface area contributed by atoms with Crippen molar-refractivity contribution in [1.82, 2.24) is 10.2 Å². The van der Waals surface area contributed by atoms with Gasteiger partial charge in [0.1, 0.15) is 0 Å². The van der Waals surface area contributed by atoms with E-state index in [0.29, 0.717) is 13.1 Å². The second kappa shape index (κ2) is 7.84. The Kier molecular flexibility index (Phi) is 6.76. The quantitative estimate of drug-likeness (QED) is 0.793. The lowest BCUT2D eigenvalue weighted by molar-refractivity contribution is -0.136. The van der Waals surface area contributed by atoms with Gasteiger partial charge in [-0.25, -0.2) is 0 Å². The number of carbonyl (C=O) groups excluding carboxylic acids is 2. The molecular formula is C14H26ClN3O2. The Hall–Kier alpha value is -0.810. The van der Waals surface area contributed by atoms with Crippen LogP contribution in [0.1, 0.15) is 39.0 Å². The summed E-state index contributed by atoms with van der Waals surface area (Å²) in [4.78, 5) is 25.9. The maximum absolute atomic E-state index is 12.0. The molecule has 2 fully saturated rings. The van der Waals surface area contributed by atoms with Gasteiger partial charge in [-0.3, -0.25) is 9.59 Å². The lowest BCUT2D eigenvalue weighted by Crippen LogP contribution is -2.46. The lowest BCUT2D eigenvalue weighted by Gasteiger charge is -2.32. The van der Waals surface area contributed by atoms with Crippen LogP contribution in [0, 0.1) is 11.8 Å². The summed E-state index contributed by atoms with van der Waals surface area (Å²) in [6.45, 7) is 3.98. The zero-order chi connectivity index (χ0) is 13.8. The first-order valence-electron chi connectivity index (χ1n) is 7.40. The molecule has 0 aromatic carbocycles. The molecule has 1 saturated carbocycles. The van der Waals surface area contributed by atoms with Crippen LogP contribution in [0.2, 0.25) is 0 Å². The molecule has 6 heteroatoms. The summed E-state index contributed by atoms with van der Waals surface area (Å²) in [5, 5.41) is 2.93.